The van der Waals surface area contributed by atoms with Crippen molar-refractivity contribution in [3.8, 4) is 11.5 Å². The molecule has 1 aliphatic heterocycles. The fraction of sp³-hybridized carbons (Fsp3) is 0.355. The van der Waals surface area contributed by atoms with Crippen molar-refractivity contribution in [2.24, 2.45) is 0 Å². The molecule has 0 spiro atoms. The number of alkyl halides is 3. The van der Waals surface area contributed by atoms with E-state index < -0.39 is 24.3 Å². The average Bonchev–Trinajstić information content (AvgIpc) is 3.34. The van der Waals surface area contributed by atoms with Crippen molar-refractivity contribution in [2.45, 2.75) is 43.7 Å². The molecule has 1 aliphatic rings. The van der Waals surface area contributed by atoms with Gasteiger partial charge in [0.1, 0.15) is 6.10 Å². The summed E-state index contributed by atoms with van der Waals surface area (Å²) in [5, 5.41) is 20.7. The Morgan fingerprint density at radius 3 is 2.44 bits per heavy atom. The minimum absolute atomic E-state index is 0.0496. The summed E-state index contributed by atoms with van der Waals surface area (Å²) >= 11 is 6.38. The summed E-state index contributed by atoms with van der Waals surface area (Å²) < 4.78 is 57.3. The molecule has 1 atom stereocenters. The molecule has 1 fully saturated rings. The fourth-order valence-electron chi connectivity index (χ4n) is 5.55. The lowest BCUT2D eigenvalue weighted by molar-refractivity contribution is -0.272. The number of carbonyl (C=O) groups is 1. The maximum absolute atomic E-state index is 14.8. The van der Waals surface area contributed by atoms with Gasteiger partial charge >= 0.3 is 12.1 Å². The van der Waals surface area contributed by atoms with E-state index in [2.05, 4.69) is 4.98 Å². The van der Waals surface area contributed by atoms with E-state index in [1.54, 1.807) is 27.7 Å². The van der Waals surface area contributed by atoms with E-state index >= 15 is 0 Å². The number of aliphatic carboxylic acids is 1. The number of β-amino-alcohol motifs (C(OH)–C–C–N with tert-alkyl or cyclic N) is 1. The van der Waals surface area contributed by atoms with E-state index in [1.165, 1.54) is 25.6 Å². The highest BCUT2D eigenvalue weighted by atomic mass is 35.5. The van der Waals surface area contributed by atoms with Crippen LogP contribution in [0.5, 0.6) is 11.5 Å². The maximum Gasteiger partial charge on any atom is 0.422 e. The monoisotopic (exact) mass is 617 g/mol. The fourth-order valence-corrected chi connectivity index (χ4v) is 5.82. The topological polar surface area (TPSA) is 97.0 Å². The van der Waals surface area contributed by atoms with E-state index in [-0.39, 0.29) is 48.3 Å². The second kappa shape index (κ2) is 12.4. The van der Waals surface area contributed by atoms with Crippen molar-refractivity contribution in [1.82, 2.24) is 14.5 Å². The second-order valence-electron chi connectivity index (χ2n) is 10.7. The van der Waals surface area contributed by atoms with Crippen LogP contribution in [0.2, 0.25) is 5.15 Å². The standard InChI is InChI=1S/C31H31ClF3N3O5/c1-42-26-15-21(16-27(39)40)7-8-25(26)43-22-10-13-37(14-11-22)19-30(41,31(33,34)35)24-18-38(17-20-5-3-2-4-6-20)28-23(24)9-12-36-29(28)32/h2-9,12,15,18,22,41H,10-11,13-14,16-17,19H2,1H3,(H,39,40). The number of halogens is 4. The van der Waals surface area contributed by atoms with Gasteiger partial charge in [-0.1, -0.05) is 48.0 Å². The molecule has 2 aromatic heterocycles. The van der Waals surface area contributed by atoms with Crippen LogP contribution in [0.15, 0.2) is 67.0 Å². The predicted molar refractivity (Wildman–Crippen MR) is 155 cm³/mol. The molecule has 43 heavy (non-hydrogen) atoms. The van der Waals surface area contributed by atoms with Crippen LogP contribution in [0, 0.1) is 0 Å². The molecule has 0 aliphatic carbocycles. The van der Waals surface area contributed by atoms with E-state index in [0.29, 0.717) is 35.4 Å². The molecule has 1 unspecified atom stereocenters. The molecule has 3 heterocycles. The van der Waals surface area contributed by atoms with Crippen LogP contribution in [-0.2, 0) is 23.4 Å². The highest BCUT2D eigenvalue weighted by molar-refractivity contribution is 6.34. The summed E-state index contributed by atoms with van der Waals surface area (Å²) in [6.45, 7) is 0.0991. The highest BCUT2D eigenvalue weighted by Crippen LogP contribution is 2.44. The first-order chi connectivity index (χ1) is 20.5. The summed E-state index contributed by atoms with van der Waals surface area (Å²) in [5.74, 6) is -0.159. The lowest BCUT2D eigenvalue weighted by Gasteiger charge is -2.39. The smallest absolute Gasteiger partial charge is 0.422 e. The number of hydrogen-bond acceptors (Lipinski definition) is 6. The van der Waals surface area contributed by atoms with Crippen molar-refractivity contribution in [3.05, 3.63) is 88.8 Å². The predicted octanol–water partition coefficient (Wildman–Crippen LogP) is 5.67. The van der Waals surface area contributed by atoms with E-state index in [0.717, 1.165) is 5.56 Å². The van der Waals surface area contributed by atoms with Crippen LogP contribution < -0.4 is 9.47 Å². The largest absolute Gasteiger partial charge is 0.493 e. The Hall–Kier alpha value is -3.80. The Bertz CT molecular complexity index is 1590. The van der Waals surface area contributed by atoms with Gasteiger partial charge in [0, 0.05) is 49.5 Å². The molecule has 12 heteroatoms. The summed E-state index contributed by atoms with van der Waals surface area (Å²) in [7, 11) is 1.45. The number of hydrogen-bond donors (Lipinski definition) is 2. The molecule has 2 N–H and O–H groups in total. The zero-order chi connectivity index (χ0) is 30.8. The number of rotatable bonds is 10. The molecule has 0 bridgehead atoms. The number of benzene rings is 2. The molecule has 228 valence electrons. The third-order valence-corrected chi connectivity index (χ3v) is 7.99. The zero-order valence-electron chi connectivity index (χ0n) is 23.4. The summed E-state index contributed by atoms with van der Waals surface area (Å²) in [4.78, 5) is 16.7. The summed E-state index contributed by atoms with van der Waals surface area (Å²) in [5.41, 5.74) is -1.72. The number of likely N-dealkylation sites (tertiary alicyclic amines) is 1. The molecule has 0 saturated carbocycles. The average molecular weight is 618 g/mol. The molecule has 5 rings (SSSR count). The molecule has 8 nitrogen and oxygen atoms in total. The van der Waals surface area contributed by atoms with Gasteiger partial charge in [-0.05, 0) is 42.2 Å². The number of aromatic nitrogens is 2. The van der Waals surface area contributed by atoms with Crippen molar-refractivity contribution in [2.75, 3.05) is 26.7 Å². The van der Waals surface area contributed by atoms with Gasteiger partial charge in [0.05, 0.1) is 19.0 Å². The molecule has 0 radical (unpaired) electrons. The first-order valence-electron chi connectivity index (χ1n) is 13.7. The molecular formula is C31H31ClF3N3O5. The van der Waals surface area contributed by atoms with Crippen LogP contribution in [0.3, 0.4) is 0 Å². The quantitative estimate of drug-likeness (QED) is 0.222. The van der Waals surface area contributed by atoms with Crippen molar-refractivity contribution >= 4 is 28.5 Å². The van der Waals surface area contributed by atoms with Crippen LogP contribution >= 0.6 is 11.6 Å². The Morgan fingerprint density at radius 1 is 1.07 bits per heavy atom. The van der Waals surface area contributed by atoms with Crippen LogP contribution in [0.25, 0.3) is 10.9 Å². The van der Waals surface area contributed by atoms with Crippen LogP contribution in [0.1, 0.15) is 29.5 Å². The highest BCUT2D eigenvalue weighted by Gasteiger charge is 2.57. The number of ether oxygens (including phenoxy) is 2. The number of pyridine rings is 1. The van der Waals surface area contributed by atoms with Gasteiger partial charge in [-0.3, -0.25) is 9.69 Å². The van der Waals surface area contributed by atoms with E-state index in [1.807, 2.05) is 30.3 Å². The molecule has 4 aromatic rings. The van der Waals surface area contributed by atoms with Gasteiger partial charge in [-0.2, -0.15) is 13.2 Å². The Morgan fingerprint density at radius 2 is 1.79 bits per heavy atom. The number of carboxylic acids is 1. The number of aliphatic hydroxyl groups is 1. The number of carboxylic acid groups (broad SMARTS) is 1. The zero-order valence-corrected chi connectivity index (χ0v) is 24.1. The third-order valence-electron chi connectivity index (χ3n) is 7.72. The third kappa shape index (κ3) is 6.58. The first kappa shape index (κ1) is 30.7. The second-order valence-corrected chi connectivity index (χ2v) is 11.0. The van der Waals surface area contributed by atoms with Gasteiger partial charge < -0.3 is 24.3 Å². The number of nitrogens with zero attached hydrogens (tertiary/aromatic N) is 3. The van der Waals surface area contributed by atoms with Crippen molar-refractivity contribution in [3.63, 3.8) is 0 Å². The van der Waals surface area contributed by atoms with Gasteiger partial charge in [-0.25, -0.2) is 4.98 Å². The van der Waals surface area contributed by atoms with Gasteiger partial charge in [0.2, 0.25) is 5.60 Å². The van der Waals surface area contributed by atoms with Crippen LogP contribution in [-0.4, -0.2) is 69.7 Å². The lowest BCUT2D eigenvalue weighted by atomic mass is 9.91. The molecule has 0 amide bonds. The molecule has 1 saturated heterocycles. The summed E-state index contributed by atoms with van der Waals surface area (Å²) in [6.07, 6.45) is -1.94. The normalized spacial score (nSPS) is 16.2. The van der Waals surface area contributed by atoms with E-state index in [9.17, 15) is 23.1 Å². The van der Waals surface area contributed by atoms with Crippen molar-refractivity contribution in [1.29, 1.82) is 0 Å². The number of fused-ring (bicyclic) bond motifs is 1. The van der Waals surface area contributed by atoms with Crippen molar-refractivity contribution < 1.29 is 37.7 Å². The molecular weight excluding hydrogens is 587 g/mol. The maximum atomic E-state index is 14.8. The minimum Gasteiger partial charge on any atom is -0.493 e. The molecule has 2 aromatic carbocycles. The first-order valence-corrected chi connectivity index (χ1v) is 14.1. The van der Waals surface area contributed by atoms with Gasteiger partial charge in [-0.15, -0.1) is 0 Å². The Labute approximate surface area is 251 Å². The minimum atomic E-state index is -4.98. The number of piperidine rings is 1. The van der Waals surface area contributed by atoms with Gasteiger partial charge in [0.15, 0.2) is 16.7 Å². The SMILES string of the molecule is COc1cc(CC(=O)O)ccc1OC1CCN(CC(O)(c2cn(Cc3ccccc3)c3c(Cl)nccc23)C(F)(F)F)CC1. The summed E-state index contributed by atoms with van der Waals surface area (Å²) in [6, 6.07) is 15.6. The van der Waals surface area contributed by atoms with Crippen LogP contribution in [0.4, 0.5) is 13.2 Å². The van der Waals surface area contributed by atoms with E-state index in [4.69, 9.17) is 26.2 Å². The Balaban J connectivity index is 1.35. The Kier molecular flexibility index (Phi) is 8.86. The van der Waals surface area contributed by atoms with Gasteiger partial charge in [0.25, 0.3) is 0 Å². The lowest BCUT2D eigenvalue weighted by Crippen LogP contribution is -2.53. The number of methoxy groups -OCH3 is 1.